The zero-order valence-corrected chi connectivity index (χ0v) is 24.3. The fourth-order valence-corrected chi connectivity index (χ4v) is 5.84. The summed E-state index contributed by atoms with van der Waals surface area (Å²) in [5, 5.41) is 9.76. The van der Waals surface area contributed by atoms with Crippen LogP contribution in [0.3, 0.4) is 0 Å². The van der Waals surface area contributed by atoms with Crippen molar-refractivity contribution in [1.29, 1.82) is 5.41 Å². The molecule has 6 rings (SSSR count). The van der Waals surface area contributed by atoms with Crippen LogP contribution in [0.2, 0.25) is 5.02 Å². The number of nitrogens with one attached hydrogen (secondary N) is 1. The minimum Gasteiger partial charge on any atom is -0.494 e. The van der Waals surface area contributed by atoms with Gasteiger partial charge in [0.25, 0.3) is 0 Å². The number of benzene rings is 4. The van der Waals surface area contributed by atoms with E-state index in [4.69, 9.17) is 21.7 Å². The molecule has 0 spiro atoms. The minimum absolute atomic E-state index is 0.275. The predicted molar refractivity (Wildman–Crippen MR) is 167 cm³/mol. The number of aryl methyl sites for hydroxylation is 1. The minimum atomic E-state index is -0.275. The maximum atomic E-state index is 13.1. The van der Waals surface area contributed by atoms with Crippen LogP contribution < -0.4 is 15.3 Å². The second kappa shape index (κ2) is 12.8. The highest BCUT2D eigenvalue weighted by Crippen LogP contribution is 2.22. The van der Waals surface area contributed by atoms with Gasteiger partial charge in [0, 0.05) is 50.0 Å². The van der Waals surface area contributed by atoms with Gasteiger partial charge in [0.2, 0.25) is 5.62 Å². The quantitative estimate of drug-likeness (QED) is 0.190. The smallest absolute Gasteiger partial charge is 0.203 e. The van der Waals surface area contributed by atoms with Crippen LogP contribution >= 0.6 is 11.6 Å². The van der Waals surface area contributed by atoms with Crippen LogP contribution in [0, 0.1) is 11.2 Å². The van der Waals surface area contributed by atoms with E-state index in [1.807, 2.05) is 34.9 Å². The lowest BCUT2D eigenvalue weighted by atomic mass is 10.1. The van der Waals surface area contributed by atoms with E-state index in [0.29, 0.717) is 31.1 Å². The molecule has 1 aromatic heterocycles. The first kappa shape index (κ1) is 28.1. The van der Waals surface area contributed by atoms with Crippen LogP contribution in [0.5, 0.6) is 5.75 Å². The van der Waals surface area contributed by atoms with Crippen molar-refractivity contribution in [2.75, 3.05) is 37.7 Å². The van der Waals surface area contributed by atoms with Crippen LogP contribution in [-0.4, -0.2) is 46.8 Å². The molecule has 8 heteroatoms. The number of nitrogens with zero attached hydrogens (tertiary/aromatic N) is 4. The Morgan fingerprint density at radius 2 is 1.40 bits per heavy atom. The summed E-state index contributed by atoms with van der Waals surface area (Å²) in [5.41, 5.74) is 6.22. The Labute approximate surface area is 250 Å². The number of imidazole rings is 1. The standard InChI is InChI=1S/C34H35ClFN5O/c35-28-5-3-6-30(23-28)39-20-18-38(19-21-39)24-26-9-11-27(12-10-26)25-41-33-8-2-1-7-32(33)40(34(41)37)17-4-22-42-31-15-13-29(36)14-16-31/h1-3,5-16,23,37H,4,17-22,24-25H2. The normalized spacial score (nSPS) is 14.0. The molecule has 0 saturated carbocycles. The van der Waals surface area contributed by atoms with Crippen LogP contribution in [0.15, 0.2) is 97.1 Å². The fourth-order valence-electron chi connectivity index (χ4n) is 5.65. The highest BCUT2D eigenvalue weighted by molar-refractivity contribution is 6.30. The molecule has 5 aromatic rings. The first-order valence-corrected chi connectivity index (χ1v) is 14.8. The lowest BCUT2D eigenvalue weighted by Crippen LogP contribution is -2.45. The van der Waals surface area contributed by atoms with Gasteiger partial charge in [0.15, 0.2) is 0 Å². The SMILES string of the molecule is N=c1n(CCCOc2ccc(F)cc2)c2ccccc2n1Cc1ccc(CN2CCN(c3cccc(Cl)c3)CC2)cc1. The molecular weight excluding hydrogens is 549 g/mol. The van der Waals surface area contributed by atoms with Crippen LogP contribution in [0.25, 0.3) is 11.0 Å². The van der Waals surface area contributed by atoms with E-state index in [9.17, 15) is 4.39 Å². The monoisotopic (exact) mass is 583 g/mol. The number of anilines is 1. The molecule has 2 heterocycles. The molecule has 0 radical (unpaired) electrons. The molecule has 0 aliphatic carbocycles. The van der Waals surface area contributed by atoms with Crippen molar-refractivity contribution in [3.8, 4) is 5.75 Å². The van der Waals surface area contributed by atoms with Gasteiger partial charge in [-0.25, -0.2) is 4.39 Å². The summed E-state index contributed by atoms with van der Waals surface area (Å²) >= 11 is 6.19. The zero-order chi connectivity index (χ0) is 28.9. The van der Waals surface area contributed by atoms with Gasteiger partial charge >= 0.3 is 0 Å². The Hall–Kier alpha value is -4.07. The molecule has 1 aliphatic rings. The molecule has 216 valence electrons. The Bertz CT molecular complexity index is 1690. The number of piperazine rings is 1. The third-order valence-corrected chi connectivity index (χ3v) is 8.13. The Balaban J connectivity index is 1.06. The number of hydrogen-bond donors (Lipinski definition) is 1. The van der Waals surface area contributed by atoms with Gasteiger partial charge in [-0.1, -0.05) is 54.1 Å². The van der Waals surface area contributed by atoms with E-state index in [-0.39, 0.29) is 5.82 Å². The summed E-state index contributed by atoms with van der Waals surface area (Å²) in [4.78, 5) is 4.90. The van der Waals surface area contributed by atoms with Gasteiger partial charge in [-0.05, 0) is 72.1 Å². The molecule has 0 bridgehead atoms. The van der Waals surface area contributed by atoms with Gasteiger partial charge < -0.3 is 18.8 Å². The van der Waals surface area contributed by atoms with Gasteiger partial charge in [-0.15, -0.1) is 0 Å². The molecule has 6 nitrogen and oxygen atoms in total. The largest absolute Gasteiger partial charge is 0.494 e. The van der Waals surface area contributed by atoms with Gasteiger partial charge in [0.05, 0.1) is 24.2 Å². The second-order valence-corrected chi connectivity index (χ2v) is 11.2. The molecule has 1 fully saturated rings. The number of aromatic nitrogens is 2. The van der Waals surface area contributed by atoms with E-state index in [0.717, 1.165) is 55.2 Å². The van der Waals surface area contributed by atoms with Crippen LogP contribution in [-0.2, 0) is 19.6 Å². The summed E-state index contributed by atoms with van der Waals surface area (Å²) in [6, 6.07) is 31.2. The lowest BCUT2D eigenvalue weighted by Gasteiger charge is -2.36. The summed E-state index contributed by atoms with van der Waals surface area (Å²) in [6.45, 7) is 6.73. The van der Waals surface area contributed by atoms with E-state index in [2.05, 4.69) is 56.8 Å². The summed E-state index contributed by atoms with van der Waals surface area (Å²) in [6.07, 6.45) is 0.740. The topological polar surface area (TPSA) is 49.4 Å². The number of fused-ring (bicyclic) bond motifs is 1. The Morgan fingerprint density at radius 1 is 0.738 bits per heavy atom. The summed E-state index contributed by atoms with van der Waals surface area (Å²) in [5.74, 6) is 0.376. The molecule has 0 atom stereocenters. The molecule has 42 heavy (non-hydrogen) atoms. The maximum Gasteiger partial charge on any atom is 0.203 e. The van der Waals surface area contributed by atoms with Crippen molar-refractivity contribution < 1.29 is 9.13 Å². The van der Waals surface area contributed by atoms with Crippen LogP contribution in [0.4, 0.5) is 10.1 Å². The number of ether oxygens (including phenoxy) is 1. The molecule has 1 aliphatic heterocycles. The molecule has 1 saturated heterocycles. The maximum absolute atomic E-state index is 13.1. The number of hydrogen-bond acceptors (Lipinski definition) is 4. The predicted octanol–water partition coefficient (Wildman–Crippen LogP) is 6.55. The highest BCUT2D eigenvalue weighted by atomic mass is 35.5. The van der Waals surface area contributed by atoms with Crippen molar-refractivity contribution in [3.63, 3.8) is 0 Å². The van der Waals surface area contributed by atoms with E-state index in [1.54, 1.807) is 12.1 Å². The lowest BCUT2D eigenvalue weighted by molar-refractivity contribution is 0.250. The van der Waals surface area contributed by atoms with E-state index < -0.39 is 0 Å². The fraction of sp³-hybridized carbons (Fsp3) is 0.265. The molecule has 0 amide bonds. The van der Waals surface area contributed by atoms with Gasteiger partial charge in [-0.2, -0.15) is 0 Å². The summed E-state index contributed by atoms with van der Waals surface area (Å²) in [7, 11) is 0. The Kier molecular flexibility index (Phi) is 8.58. The van der Waals surface area contributed by atoms with Gasteiger partial charge in [0.1, 0.15) is 11.6 Å². The van der Waals surface area contributed by atoms with E-state index >= 15 is 0 Å². The molecule has 1 N–H and O–H groups in total. The van der Waals surface area contributed by atoms with Crippen molar-refractivity contribution in [3.05, 3.63) is 125 Å². The Morgan fingerprint density at radius 3 is 2.10 bits per heavy atom. The third-order valence-electron chi connectivity index (χ3n) is 7.90. The first-order chi connectivity index (χ1) is 20.5. The highest BCUT2D eigenvalue weighted by Gasteiger charge is 2.18. The molecule has 4 aromatic carbocycles. The average Bonchev–Trinajstić information content (AvgIpc) is 3.27. The third kappa shape index (κ3) is 6.53. The van der Waals surface area contributed by atoms with Crippen LogP contribution in [0.1, 0.15) is 17.5 Å². The number of rotatable bonds is 10. The zero-order valence-electron chi connectivity index (χ0n) is 23.6. The second-order valence-electron chi connectivity index (χ2n) is 10.8. The molecular formula is C34H35ClFN5O. The first-order valence-electron chi connectivity index (χ1n) is 14.5. The number of halogens is 2. The van der Waals surface area contributed by atoms with Crippen molar-refractivity contribution in [2.24, 2.45) is 0 Å². The average molecular weight is 584 g/mol. The van der Waals surface area contributed by atoms with E-state index in [1.165, 1.54) is 28.9 Å². The van der Waals surface area contributed by atoms with Gasteiger partial charge in [-0.3, -0.25) is 10.3 Å². The molecule has 0 unspecified atom stereocenters. The van der Waals surface area contributed by atoms with Crippen molar-refractivity contribution >= 4 is 28.3 Å². The summed E-state index contributed by atoms with van der Waals surface area (Å²) < 4.78 is 23.0. The van der Waals surface area contributed by atoms with Crippen molar-refractivity contribution in [2.45, 2.75) is 26.1 Å². The van der Waals surface area contributed by atoms with Crippen molar-refractivity contribution in [1.82, 2.24) is 14.0 Å². The number of para-hydroxylation sites is 2.